The van der Waals surface area contributed by atoms with E-state index in [0.717, 1.165) is 22.2 Å². The van der Waals surface area contributed by atoms with Crippen LogP contribution in [-0.2, 0) is 6.54 Å². The first-order chi connectivity index (χ1) is 12.5. The van der Waals surface area contributed by atoms with Gasteiger partial charge in [0.15, 0.2) is 0 Å². The summed E-state index contributed by atoms with van der Waals surface area (Å²) in [7, 11) is 0. The summed E-state index contributed by atoms with van der Waals surface area (Å²) in [4.78, 5) is 27.1. The third-order valence-electron chi connectivity index (χ3n) is 3.76. The number of aryl methyl sites for hydroxylation is 1. The molecule has 0 radical (unpaired) electrons. The average molecular weight is 388 g/mol. The smallest absolute Gasteiger partial charge is 0.270 e. The van der Waals surface area contributed by atoms with Gasteiger partial charge in [0.25, 0.3) is 11.6 Å². The van der Waals surface area contributed by atoms with Crippen LogP contribution in [0.1, 0.15) is 21.6 Å². The molecule has 1 aromatic heterocycles. The van der Waals surface area contributed by atoms with Crippen LogP contribution in [-0.4, -0.2) is 15.8 Å². The van der Waals surface area contributed by atoms with Crippen LogP contribution in [0.2, 0.25) is 5.02 Å². The molecule has 0 unspecified atom stereocenters. The van der Waals surface area contributed by atoms with Crippen molar-refractivity contribution < 1.29 is 9.72 Å². The molecular weight excluding hydrogens is 374 g/mol. The maximum atomic E-state index is 12.3. The molecule has 0 aliphatic heterocycles. The molecule has 3 aromatic rings. The summed E-state index contributed by atoms with van der Waals surface area (Å²) in [6, 6.07) is 11.7. The zero-order valence-corrected chi connectivity index (χ0v) is 15.3. The third kappa shape index (κ3) is 3.89. The van der Waals surface area contributed by atoms with Crippen LogP contribution in [0.4, 0.5) is 5.69 Å². The minimum Gasteiger partial charge on any atom is -0.346 e. The molecule has 8 heteroatoms. The Balaban J connectivity index is 1.72. The molecule has 6 nitrogen and oxygen atoms in total. The zero-order valence-electron chi connectivity index (χ0n) is 13.7. The van der Waals surface area contributed by atoms with E-state index in [0.29, 0.717) is 5.69 Å². The van der Waals surface area contributed by atoms with E-state index in [4.69, 9.17) is 11.6 Å². The van der Waals surface area contributed by atoms with Gasteiger partial charge in [-0.25, -0.2) is 4.98 Å². The lowest BCUT2D eigenvalue weighted by molar-refractivity contribution is -0.384. The fourth-order valence-corrected chi connectivity index (χ4v) is 3.50. The van der Waals surface area contributed by atoms with Crippen molar-refractivity contribution in [2.75, 3.05) is 0 Å². The predicted molar refractivity (Wildman–Crippen MR) is 102 cm³/mol. The van der Waals surface area contributed by atoms with Gasteiger partial charge in [-0.05, 0) is 18.6 Å². The molecule has 0 bridgehead atoms. The van der Waals surface area contributed by atoms with E-state index in [1.165, 1.54) is 23.5 Å². The Bertz CT molecular complexity index is 987. The van der Waals surface area contributed by atoms with E-state index in [-0.39, 0.29) is 22.8 Å². The fraction of sp³-hybridized carbons (Fsp3) is 0.111. The van der Waals surface area contributed by atoms with Crippen LogP contribution in [0.25, 0.3) is 10.6 Å². The quantitative estimate of drug-likeness (QED) is 0.511. The molecule has 1 heterocycles. The summed E-state index contributed by atoms with van der Waals surface area (Å²) >= 11 is 7.48. The molecular formula is C18H14ClN3O3S. The van der Waals surface area contributed by atoms with Crippen LogP contribution in [0.5, 0.6) is 0 Å². The number of nitro benzene ring substituents is 1. The first kappa shape index (κ1) is 18.0. The van der Waals surface area contributed by atoms with Crippen molar-refractivity contribution >= 4 is 34.5 Å². The molecule has 1 amide bonds. The highest BCUT2D eigenvalue weighted by atomic mass is 35.5. The van der Waals surface area contributed by atoms with Gasteiger partial charge < -0.3 is 5.32 Å². The molecule has 0 spiro atoms. The Kier molecular flexibility index (Phi) is 5.29. The van der Waals surface area contributed by atoms with Crippen molar-refractivity contribution in [3.8, 4) is 10.6 Å². The number of thiazole rings is 1. The number of amides is 1. The molecule has 0 saturated heterocycles. The first-order valence-corrected chi connectivity index (χ1v) is 8.94. The van der Waals surface area contributed by atoms with Gasteiger partial charge in [0.05, 0.1) is 27.7 Å². The second-order valence-corrected chi connectivity index (χ2v) is 6.83. The van der Waals surface area contributed by atoms with Crippen molar-refractivity contribution in [2.45, 2.75) is 13.5 Å². The summed E-state index contributed by atoms with van der Waals surface area (Å²) in [5.74, 6) is -0.482. The van der Waals surface area contributed by atoms with Gasteiger partial charge in [-0.1, -0.05) is 35.9 Å². The van der Waals surface area contributed by atoms with Crippen LogP contribution < -0.4 is 5.32 Å². The van der Waals surface area contributed by atoms with Crippen LogP contribution in [0, 0.1) is 17.0 Å². The Morgan fingerprint density at radius 2 is 2.08 bits per heavy atom. The average Bonchev–Trinajstić information content (AvgIpc) is 3.09. The van der Waals surface area contributed by atoms with Crippen LogP contribution >= 0.6 is 22.9 Å². The van der Waals surface area contributed by atoms with Crippen molar-refractivity contribution in [3.63, 3.8) is 0 Å². The summed E-state index contributed by atoms with van der Waals surface area (Å²) in [6.07, 6.45) is 0. The number of nitrogens with zero attached hydrogens (tertiary/aromatic N) is 2. The second-order valence-electron chi connectivity index (χ2n) is 5.56. The van der Waals surface area contributed by atoms with Gasteiger partial charge in [0, 0.05) is 23.1 Å². The molecule has 1 N–H and O–H groups in total. The Hall–Kier alpha value is -2.77. The number of hydrogen-bond donors (Lipinski definition) is 1. The lowest BCUT2D eigenvalue weighted by atomic mass is 10.1. The molecule has 0 atom stereocenters. The minimum absolute atomic E-state index is 0.0650. The third-order valence-corrected chi connectivity index (χ3v) is 5.02. The van der Waals surface area contributed by atoms with Gasteiger partial charge in [0.2, 0.25) is 0 Å². The SMILES string of the molecule is Cc1ccccc1-c1nc(CNC(=O)c2cc([N+](=O)[O-])ccc2Cl)cs1. The number of non-ortho nitro benzene ring substituents is 1. The number of hydrogen-bond acceptors (Lipinski definition) is 5. The Morgan fingerprint density at radius 3 is 2.81 bits per heavy atom. The molecule has 0 saturated carbocycles. The van der Waals surface area contributed by atoms with E-state index < -0.39 is 10.8 Å². The molecule has 0 fully saturated rings. The van der Waals surface area contributed by atoms with E-state index in [9.17, 15) is 14.9 Å². The molecule has 26 heavy (non-hydrogen) atoms. The van der Waals surface area contributed by atoms with Crippen LogP contribution in [0.3, 0.4) is 0 Å². The number of carbonyl (C=O) groups is 1. The summed E-state index contributed by atoms with van der Waals surface area (Å²) < 4.78 is 0. The molecule has 132 valence electrons. The summed E-state index contributed by atoms with van der Waals surface area (Å²) in [6.45, 7) is 2.22. The van der Waals surface area contributed by atoms with Gasteiger partial charge in [0.1, 0.15) is 5.01 Å². The number of nitro groups is 1. The highest BCUT2D eigenvalue weighted by Crippen LogP contribution is 2.27. The number of rotatable bonds is 5. The molecule has 3 rings (SSSR count). The topological polar surface area (TPSA) is 85.1 Å². The van der Waals surface area contributed by atoms with Crippen molar-refractivity contribution in [2.24, 2.45) is 0 Å². The zero-order chi connectivity index (χ0) is 18.7. The number of carbonyl (C=O) groups excluding carboxylic acids is 1. The maximum Gasteiger partial charge on any atom is 0.270 e. The maximum absolute atomic E-state index is 12.3. The normalized spacial score (nSPS) is 10.5. The van der Waals surface area contributed by atoms with Crippen molar-refractivity contribution in [1.82, 2.24) is 10.3 Å². The van der Waals surface area contributed by atoms with Crippen LogP contribution in [0.15, 0.2) is 47.8 Å². The van der Waals surface area contributed by atoms with Crippen molar-refractivity contribution in [1.29, 1.82) is 0 Å². The van der Waals surface area contributed by atoms with Gasteiger partial charge in [-0.3, -0.25) is 14.9 Å². The largest absolute Gasteiger partial charge is 0.346 e. The first-order valence-electron chi connectivity index (χ1n) is 7.68. The lowest BCUT2D eigenvalue weighted by Crippen LogP contribution is -2.23. The molecule has 0 aliphatic carbocycles. The van der Waals surface area contributed by atoms with E-state index in [1.807, 2.05) is 36.6 Å². The fourth-order valence-electron chi connectivity index (χ4n) is 2.39. The van der Waals surface area contributed by atoms with E-state index in [1.54, 1.807) is 0 Å². The van der Waals surface area contributed by atoms with Crippen molar-refractivity contribution in [3.05, 3.63) is 79.8 Å². The Labute approximate surface area is 158 Å². The van der Waals surface area contributed by atoms with Gasteiger partial charge >= 0.3 is 0 Å². The number of nitrogens with one attached hydrogen (secondary N) is 1. The summed E-state index contributed by atoms with van der Waals surface area (Å²) in [5.41, 5.74) is 2.77. The van der Waals surface area contributed by atoms with Gasteiger partial charge in [-0.15, -0.1) is 11.3 Å². The van der Waals surface area contributed by atoms with E-state index >= 15 is 0 Å². The second kappa shape index (κ2) is 7.63. The van der Waals surface area contributed by atoms with E-state index in [2.05, 4.69) is 10.3 Å². The number of halogens is 1. The Morgan fingerprint density at radius 1 is 1.31 bits per heavy atom. The lowest BCUT2D eigenvalue weighted by Gasteiger charge is -2.05. The molecule has 2 aromatic carbocycles. The highest BCUT2D eigenvalue weighted by molar-refractivity contribution is 7.13. The number of benzene rings is 2. The molecule has 0 aliphatic rings. The predicted octanol–water partition coefficient (Wildman–Crippen LogP) is 4.61. The summed E-state index contributed by atoms with van der Waals surface area (Å²) in [5, 5.41) is 16.5. The minimum atomic E-state index is -0.567. The highest BCUT2D eigenvalue weighted by Gasteiger charge is 2.16. The monoisotopic (exact) mass is 387 g/mol. The standard InChI is InChI=1S/C18H14ClN3O3S/c1-11-4-2-3-5-14(11)18-21-12(10-26-18)9-20-17(23)15-8-13(22(24)25)6-7-16(15)19/h2-8,10H,9H2,1H3,(H,20,23). The number of aromatic nitrogens is 1. The van der Waals surface area contributed by atoms with Gasteiger partial charge in [-0.2, -0.15) is 0 Å².